The predicted octanol–water partition coefficient (Wildman–Crippen LogP) is 1.34. The molecule has 1 spiro atoms. The second-order valence-corrected chi connectivity index (χ2v) is 4.56. The minimum absolute atomic E-state index is 0.323. The van der Waals surface area contributed by atoms with Crippen LogP contribution in [-0.2, 0) is 4.79 Å². The second-order valence-electron chi connectivity index (χ2n) is 4.56. The first-order valence-corrected chi connectivity index (χ1v) is 5.14. The van der Waals surface area contributed by atoms with Crippen molar-refractivity contribution in [3.63, 3.8) is 0 Å². The van der Waals surface area contributed by atoms with E-state index in [2.05, 4.69) is 4.90 Å². The van der Waals surface area contributed by atoms with Crippen molar-refractivity contribution in [1.29, 1.82) is 0 Å². The van der Waals surface area contributed by atoms with Crippen LogP contribution in [0.15, 0.2) is 0 Å². The average molecular weight is 183 g/mol. The molecule has 2 rings (SSSR count). The molecule has 0 aromatic rings. The summed E-state index contributed by atoms with van der Waals surface area (Å²) >= 11 is 0. The molecule has 0 unspecified atom stereocenters. The number of likely N-dealkylation sites (tertiary alicyclic amines) is 1. The van der Waals surface area contributed by atoms with E-state index in [9.17, 15) is 4.79 Å². The monoisotopic (exact) mass is 183 g/mol. The number of rotatable bonds is 4. The van der Waals surface area contributed by atoms with Gasteiger partial charge in [0.05, 0.1) is 0 Å². The molecule has 1 N–H and O–H groups in total. The fourth-order valence-electron chi connectivity index (χ4n) is 2.51. The summed E-state index contributed by atoms with van der Waals surface area (Å²) < 4.78 is 0. The topological polar surface area (TPSA) is 40.5 Å². The van der Waals surface area contributed by atoms with Gasteiger partial charge in [-0.3, -0.25) is 4.79 Å². The van der Waals surface area contributed by atoms with E-state index in [-0.39, 0.29) is 0 Å². The predicted molar refractivity (Wildman–Crippen MR) is 49.6 cm³/mol. The summed E-state index contributed by atoms with van der Waals surface area (Å²) in [4.78, 5) is 12.7. The van der Waals surface area contributed by atoms with Crippen molar-refractivity contribution in [2.45, 2.75) is 32.1 Å². The van der Waals surface area contributed by atoms with Gasteiger partial charge in [-0.25, -0.2) is 0 Å². The quantitative estimate of drug-likeness (QED) is 0.715. The maximum absolute atomic E-state index is 10.3. The van der Waals surface area contributed by atoms with E-state index in [1.54, 1.807) is 0 Å². The Hall–Kier alpha value is -0.570. The lowest BCUT2D eigenvalue weighted by Crippen LogP contribution is -2.59. The summed E-state index contributed by atoms with van der Waals surface area (Å²) in [6.45, 7) is 3.44. The van der Waals surface area contributed by atoms with Crippen molar-refractivity contribution in [2.75, 3.05) is 19.6 Å². The number of nitrogens with zero attached hydrogens (tertiary/aromatic N) is 1. The summed E-state index contributed by atoms with van der Waals surface area (Å²) in [5, 5.41) is 8.46. The fourth-order valence-corrected chi connectivity index (χ4v) is 2.51. The zero-order valence-corrected chi connectivity index (χ0v) is 7.96. The van der Waals surface area contributed by atoms with Crippen molar-refractivity contribution in [1.82, 2.24) is 4.90 Å². The molecule has 3 heteroatoms. The molecule has 0 aromatic carbocycles. The van der Waals surface area contributed by atoms with Gasteiger partial charge in [-0.1, -0.05) is 6.42 Å². The molecule has 3 nitrogen and oxygen atoms in total. The first-order chi connectivity index (χ1) is 6.20. The molecule has 13 heavy (non-hydrogen) atoms. The third-order valence-corrected chi connectivity index (χ3v) is 3.40. The van der Waals surface area contributed by atoms with Crippen LogP contribution in [-0.4, -0.2) is 35.6 Å². The van der Waals surface area contributed by atoms with E-state index in [0.29, 0.717) is 11.8 Å². The highest BCUT2D eigenvalue weighted by Gasteiger charge is 2.46. The lowest BCUT2D eigenvalue weighted by molar-refractivity contribution is -0.137. The van der Waals surface area contributed by atoms with Gasteiger partial charge in [0, 0.05) is 19.5 Å². The number of carboxylic acid groups (broad SMARTS) is 1. The second kappa shape index (κ2) is 3.29. The smallest absolute Gasteiger partial charge is 0.303 e. The Kier molecular flexibility index (Phi) is 2.28. The summed E-state index contributed by atoms with van der Waals surface area (Å²) in [6, 6.07) is 0. The summed E-state index contributed by atoms with van der Waals surface area (Å²) in [5.41, 5.74) is 0.684. The van der Waals surface area contributed by atoms with Gasteiger partial charge in [0.15, 0.2) is 0 Å². The SMILES string of the molecule is O=C(O)CCCN1CC2(CCC2)C1. The van der Waals surface area contributed by atoms with E-state index >= 15 is 0 Å². The van der Waals surface area contributed by atoms with E-state index in [1.807, 2.05) is 0 Å². The molecule has 0 bridgehead atoms. The van der Waals surface area contributed by atoms with E-state index in [0.717, 1.165) is 13.0 Å². The summed E-state index contributed by atoms with van der Waals surface area (Å²) in [6.07, 6.45) is 5.35. The Morgan fingerprint density at radius 3 is 2.54 bits per heavy atom. The van der Waals surface area contributed by atoms with Crippen LogP contribution in [0.1, 0.15) is 32.1 Å². The lowest BCUT2D eigenvalue weighted by Gasteiger charge is -2.56. The number of hydrogen-bond donors (Lipinski definition) is 1. The van der Waals surface area contributed by atoms with Crippen LogP contribution >= 0.6 is 0 Å². The number of carboxylic acids is 1. The molecule has 0 atom stereocenters. The molecule has 74 valence electrons. The van der Waals surface area contributed by atoms with Crippen LogP contribution < -0.4 is 0 Å². The first kappa shape index (κ1) is 9.00. The van der Waals surface area contributed by atoms with Crippen molar-refractivity contribution in [3.05, 3.63) is 0 Å². The lowest BCUT2D eigenvalue weighted by atomic mass is 9.63. The molecule has 1 saturated carbocycles. The first-order valence-electron chi connectivity index (χ1n) is 5.14. The molecule has 1 aliphatic heterocycles. The Balaban J connectivity index is 1.56. The molecule has 0 radical (unpaired) electrons. The Bertz CT molecular complexity index is 203. The number of aliphatic carboxylic acids is 1. The van der Waals surface area contributed by atoms with Crippen LogP contribution in [0.25, 0.3) is 0 Å². The molecule has 1 aliphatic carbocycles. The maximum Gasteiger partial charge on any atom is 0.303 e. The Morgan fingerprint density at radius 1 is 1.38 bits per heavy atom. The van der Waals surface area contributed by atoms with Crippen molar-refractivity contribution in [2.24, 2.45) is 5.41 Å². The van der Waals surface area contributed by atoms with Crippen LogP contribution in [0.2, 0.25) is 0 Å². The van der Waals surface area contributed by atoms with Gasteiger partial charge in [0.1, 0.15) is 0 Å². The third kappa shape index (κ3) is 1.85. The zero-order valence-electron chi connectivity index (χ0n) is 7.96. The Morgan fingerprint density at radius 2 is 2.08 bits per heavy atom. The van der Waals surface area contributed by atoms with Gasteiger partial charge >= 0.3 is 5.97 Å². The molecule has 1 heterocycles. The van der Waals surface area contributed by atoms with E-state index < -0.39 is 5.97 Å². The van der Waals surface area contributed by atoms with E-state index in [1.165, 1.54) is 32.4 Å². The average Bonchev–Trinajstić information content (AvgIpc) is 1.89. The van der Waals surface area contributed by atoms with Crippen molar-refractivity contribution >= 4 is 5.97 Å². The number of hydrogen-bond acceptors (Lipinski definition) is 2. The Labute approximate surface area is 78.7 Å². The molecule has 0 amide bonds. The highest BCUT2D eigenvalue weighted by atomic mass is 16.4. The molecule has 2 aliphatic rings. The standard InChI is InChI=1S/C10H17NO2/c12-9(13)3-1-6-11-7-10(8-11)4-2-5-10/h1-8H2,(H,12,13). The highest BCUT2D eigenvalue weighted by Crippen LogP contribution is 2.47. The van der Waals surface area contributed by atoms with Crippen molar-refractivity contribution in [3.8, 4) is 0 Å². The van der Waals surface area contributed by atoms with Crippen LogP contribution in [0.3, 0.4) is 0 Å². The molecular formula is C10H17NO2. The van der Waals surface area contributed by atoms with Crippen LogP contribution in [0.4, 0.5) is 0 Å². The third-order valence-electron chi connectivity index (χ3n) is 3.40. The van der Waals surface area contributed by atoms with Gasteiger partial charge in [-0.2, -0.15) is 0 Å². The highest BCUT2D eigenvalue weighted by molar-refractivity contribution is 5.66. The zero-order chi connectivity index (χ0) is 9.31. The van der Waals surface area contributed by atoms with Gasteiger partial charge in [-0.05, 0) is 31.2 Å². The molecule has 0 aromatic heterocycles. The maximum atomic E-state index is 10.3. The minimum atomic E-state index is -0.668. The largest absolute Gasteiger partial charge is 0.481 e. The minimum Gasteiger partial charge on any atom is -0.481 e. The molecule has 1 saturated heterocycles. The fraction of sp³-hybridized carbons (Fsp3) is 0.900. The molecule has 2 fully saturated rings. The summed E-state index contributed by atoms with van der Waals surface area (Å²) in [5.74, 6) is -0.668. The van der Waals surface area contributed by atoms with Gasteiger partial charge in [0.25, 0.3) is 0 Å². The van der Waals surface area contributed by atoms with Crippen molar-refractivity contribution < 1.29 is 9.90 Å². The van der Waals surface area contributed by atoms with Gasteiger partial charge in [0.2, 0.25) is 0 Å². The van der Waals surface area contributed by atoms with Crippen LogP contribution in [0.5, 0.6) is 0 Å². The normalized spacial score (nSPS) is 25.2. The van der Waals surface area contributed by atoms with Gasteiger partial charge < -0.3 is 10.0 Å². The van der Waals surface area contributed by atoms with E-state index in [4.69, 9.17) is 5.11 Å². The molecular weight excluding hydrogens is 166 g/mol. The van der Waals surface area contributed by atoms with Gasteiger partial charge in [-0.15, -0.1) is 0 Å². The van der Waals surface area contributed by atoms with Crippen LogP contribution in [0, 0.1) is 5.41 Å². The summed E-state index contributed by atoms with van der Waals surface area (Å²) in [7, 11) is 0. The number of carbonyl (C=O) groups is 1.